The van der Waals surface area contributed by atoms with Crippen molar-refractivity contribution in [2.75, 3.05) is 11.9 Å². The van der Waals surface area contributed by atoms with Gasteiger partial charge in [-0.2, -0.15) is 0 Å². The molecule has 0 aliphatic rings. The average molecular weight is 280 g/mol. The van der Waals surface area contributed by atoms with Gasteiger partial charge in [-0.3, -0.25) is 9.59 Å². The Morgan fingerprint density at radius 1 is 1.35 bits per heavy atom. The molecule has 1 rings (SSSR count). The summed E-state index contributed by atoms with van der Waals surface area (Å²) in [4.78, 5) is 27.6. The lowest BCUT2D eigenvalue weighted by molar-refractivity contribution is -0.121. The number of hydrogen-bond acceptors (Lipinski definition) is 4. The van der Waals surface area contributed by atoms with Crippen LogP contribution in [0.5, 0.6) is 0 Å². The van der Waals surface area contributed by atoms with Crippen molar-refractivity contribution in [3.05, 3.63) is 22.7 Å². The summed E-state index contributed by atoms with van der Waals surface area (Å²) in [6, 6.07) is 0.126. The molecule has 0 bridgehead atoms. The maximum atomic E-state index is 12.1. The van der Waals surface area contributed by atoms with E-state index in [1.807, 2.05) is 13.8 Å². The van der Waals surface area contributed by atoms with Gasteiger partial charge in [-0.1, -0.05) is 13.8 Å². The lowest BCUT2D eigenvalue weighted by atomic mass is 10.2. The highest BCUT2D eigenvalue weighted by atomic mass is 16.1. The first-order valence-corrected chi connectivity index (χ1v) is 6.98. The number of rotatable bonds is 7. The predicted molar refractivity (Wildman–Crippen MR) is 79.7 cm³/mol. The van der Waals surface area contributed by atoms with Gasteiger partial charge in [0.1, 0.15) is 0 Å². The lowest BCUT2D eigenvalue weighted by Gasteiger charge is -2.11. The van der Waals surface area contributed by atoms with Gasteiger partial charge in [-0.15, -0.1) is 0 Å². The number of amides is 1. The first kappa shape index (κ1) is 16.2. The highest BCUT2D eigenvalue weighted by Gasteiger charge is 2.07. The van der Waals surface area contributed by atoms with Crippen LogP contribution in [0.1, 0.15) is 34.1 Å². The van der Waals surface area contributed by atoms with Crippen LogP contribution < -0.4 is 16.2 Å². The molecule has 0 spiro atoms. The van der Waals surface area contributed by atoms with E-state index in [2.05, 4.69) is 29.5 Å². The Hall–Kier alpha value is -1.85. The number of nitrogens with one attached hydrogen (secondary N) is 2. The number of nitrogens with zero attached hydrogens (tertiary/aromatic N) is 2. The zero-order valence-corrected chi connectivity index (χ0v) is 12.6. The van der Waals surface area contributed by atoms with Gasteiger partial charge in [0.25, 0.3) is 5.56 Å². The van der Waals surface area contributed by atoms with E-state index in [4.69, 9.17) is 0 Å². The normalized spacial score (nSPS) is 10.9. The molecule has 112 valence electrons. The highest BCUT2D eigenvalue weighted by molar-refractivity contribution is 5.76. The second-order valence-corrected chi connectivity index (χ2v) is 5.53. The summed E-state index contributed by atoms with van der Waals surface area (Å²) in [5.41, 5.74) is -0.148. The van der Waals surface area contributed by atoms with E-state index in [0.29, 0.717) is 31.2 Å². The molecule has 1 heterocycles. The molecule has 0 atom stereocenters. The minimum absolute atomic E-state index is 0.0362. The van der Waals surface area contributed by atoms with Gasteiger partial charge in [0.15, 0.2) is 5.82 Å². The van der Waals surface area contributed by atoms with Crippen LogP contribution >= 0.6 is 0 Å². The SMILES string of the molecule is CC(C)Cn1ccnc(NCCC(=O)NC(C)C)c1=O. The van der Waals surface area contributed by atoms with E-state index in [1.165, 1.54) is 0 Å². The molecular weight excluding hydrogens is 256 g/mol. The van der Waals surface area contributed by atoms with Gasteiger partial charge in [-0.05, 0) is 19.8 Å². The Kier molecular flexibility index (Phi) is 6.21. The molecule has 0 aromatic carbocycles. The molecule has 6 nitrogen and oxygen atoms in total. The van der Waals surface area contributed by atoms with E-state index in [0.717, 1.165) is 0 Å². The number of hydrogen-bond donors (Lipinski definition) is 2. The third-order valence-corrected chi connectivity index (χ3v) is 2.57. The van der Waals surface area contributed by atoms with Crippen LogP contribution in [0.4, 0.5) is 5.82 Å². The maximum Gasteiger partial charge on any atom is 0.293 e. The molecule has 0 saturated heterocycles. The Morgan fingerprint density at radius 2 is 2.05 bits per heavy atom. The Morgan fingerprint density at radius 3 is 2.65 bits per heavy atom. The quantitative estimate of drug-likeness (QED) is 0.787. The minimum Gasteiger partial charge on any atom is -0.365 e. The summed E-state index contributed by atoms with van der Waals surface area (Å²) < 4.78 is 1.63. The smallest absolute Gasteiger partial charge is 0.293 e. The van der Waals surface area contributed by atoms with Crippen molar-refractivity contribution in [3.8, 4) is 0 Å². The molecule has 0 saturated carbocycles. The standard InChI is InChI=1S/C14H24N4O2/c1-10(2)9-18-8-7-16-13(14(18)20)15-6-5-12(19)17-11(3)4/h7-8,10-11H,5-6,9H2,1-4H3,(H,15,16)(H,17,19). The van der Waals surface area contributed by atoms with Crippen LogP contribution in [0.25, 0.3) is 0 Å². The van der Waals surface area contributed by atoms with Crippen LogP contribution in [0.15, 0.2) is 17.2 Å². The summed E-state index contributed by atoms with van der Waals surface area (Å²) in [7, 11) is 0. The zero-order valence-electron chi connectivity index (χ0n) is 12.6. The van der Waals surface area contributed by atoms with Crippen LogP contribution in [-0.4, -0.2) is 28.0 Å². The molecule has 0 unspecified atom stereocenters. The molecule has 1 aromatic rings. The van der Waals surface area contributed by atoms with Crippen LogP contribution in [0.2, 0.25) is 0 Å². The second kappa shape index (κ2) is 7.67. The number of anilines is 1. The van der Waals surface area contributed by atoms with E-state index < -0.39 is 0 Å². The fourth-order valence-corrected chi connectivity index (χ4v) is 1.79. The first-order valence-electron chi connectivity index (χ1n) is 6.98. The average Bonchev–Trinajstić information content (AvgIpc) is 2.32. The van der Waals surface area contributed by atoms with Crippen LogP contribution in [0.3, 0.4) is 0 Å². The Balaban J connectivity index is 2.56. The van der Waals surface area contributed by atoms with Crippen LogP contribution in [0, 0.1) is 5.92 Å². The van der Waals surface area contributed by atoms with E-state index in [9.17, 15) is 9.59 Å². The fourth-order valence-electron chi connectivity index (χ4n) is 1.79. The predicted octanol–water partition coefficient (Wildman–Crippen LogP) is 1.23. The monoisotopic (exact) mass is 280 g/mol. The summed E-state index contributed by atoms with van der Waals surface area (Å²) in [5.74, 6) is 0.649. The molecular formula is C14H24N4O2. The molecule has 0 aliphatic carbocycles. The fraction of sp³-hybridized carbons (Fsp3) is 0.643. The van der Waals surface area contributed by atoms with E-state index in [-0.39, 0.29) is 17.5 Å². The maximum absolute atomic E-state index is 12.1. The van der Waals surface area contributed by atoms with Crippen LogP contribution in [-0.2, 0) is 11.3 Å². The molecule has 0 fully saturated rings. The topological polar surface area (TPSA) is 76.0 Å². The Bertz CT molecular complexity index is 494. The summed E-state index contributed by atoms with van der Waals surface area (Å²) >= 11 is 0. The van der Waals surface area contributed by atoms with Crippen molar-refractivity contribution in [2.24, 2.45) is 5.92 Å². The Labute approximate surface area is 119 Å². The van der Waals surface area contributed by atoms with Crippen molar-refractivity contribution in [2.45, 2.75) is 46.7 Å². The van der Waals surface area contributed by atoms with Crippen molar-refractivity contribution in [1.29, 1.82) is 0 Å². The molecule has 1 aromatic heterocycles. The summed E-state index contributed by atoms with van der Waals surface area (Å²) in [6.07, 6.45) is 3.59. The third-order valence-electron chi connectivity index (χ3n) is 2.57. The molecule has 0 radical (unpaired) electrons. The number of carbonyl (C=O) groups is 1. The van der Waals surface area contributed by atoms with Gasteiger partial charge in [0, 0.05) is 37.9 Å². The van der Waals surface area contributed by atoms with E-state index >= 15 is 0 Å². The third kappa shape index (κ3) is 5.42. The van der Waals surface area contributed by atoms with Gasteiger partial charge in [0.2, 0.25) is 5.91 Å². The number of aromatic nitrogens is 2. The largest absolute Gasteiger partial charge is 0.365 e. The van der Waals surface area contributed by atoms with Gasteiger partial charge in [-0.25, -0.2) is 4.98 Å². The molecule has 2 N–H and O–H groups in total. The van der Waals surface area contributed by atoms with Crippen molar-refractivity contribution in [3.63, 3.8) is 0 Å². The van der Waals surface area contributed by atoms with E-state index in [1.54, 1.807) is 17.0 Å². The van der Waals surface area contributed by atoms with Gasteiger partial charge < -0.3 is 15.2 Å². The molecule has 0 aliphatic heterocycles. The van der Waals surface area contributed by atoms with Crippen molar-refractivity contribution in [1.82, 2.24) is 14.9 Å². The summed E-state index contributed by atoms with van der Waals surface area (Å²) in [5, 5.41) is 5.72. The summed E-state index contributed by atoms with van der Waals surface area (Å²) in [6.45, 7) is 8.98. The second-order valence-electron chi connectivity index (χ2n) is 5.53. The molecule has 6 heteroatoms. The highest BCUT2D eigenvalue weighted by Crippen LogP contribution is 1.98. The molecule has 1 amide bonds. The lowest BCUT2D eigenvalue weighted by Crippen LogP contribution is -2.32. The van der Waals surface area contributed by atoms with Gasteiger partial charge in [0.05, 0.1) is 0 Å². The van der Waals surface area contributed by atoms with Gasteiger partial charge >= 0.3 is 0 Å². The molecule has 20 heavy (non-hydrogen) atoms. The zero-order chi connectivity index (χ0) is 15.1. The minimum atomic E-state index is -0.148. The van der Waals surface area contributed by atoms with Crippen molar-refractivity contribution >= 4 is 11.7 Å². The number of carbonyl (C=O) groups excluding carboxylic acids is 1. The first-order chi connectivity index (χ1) is 9.40. The van der Waals surface area contributed by atoms with Crippen molar-refractivity contribution < 1.29 is 4.79 Å².